The lowest BCUT2D eigenvalue weighted by Gasteiger charge is -2.08. The summed E-state index contributed by atoms with van der Waals surface area (Å²) < 4.78 is 37.3. The highest BCUT2D eigenvalue weighted by Gasteiger charge is 2.30. The Morgan fingerprint density at radius 1 is 0.909 bits per heavy atom. The summed E-state index contributed by atoms with van der Waals surface area (Å²) in [5.74, 6) is -1.65. The molecule has 0 aliphatic carbocycles. The van der Waals surface area contributed by atoms with Crippen molar-refractivity contribution >= 4 is 17.4 Å². The van der Waals surface area contributed by atoms with Crippen LogP contribution in [0.4, 0.5) is 18.9 Å². The molecule has 2 rings (SSSR count). The Labute approximate surface area is 124 Å². The van der Waals surface area contributed by atoms with Gasteiger partial charge in [0.05, 0.1) is 5.56 Å². The van der Waals surface area contributed by atoms with Crippen LogP contribution in [-0.2, 0) is 11.0 Å². The summed E-state index contributed by atoms with van der Waals surface area (Å²) in [4.78, 5) is 23.7. The maximum Gasteiger partial charge on any atom is 0.416 e. The molecule has 0 unspecified atom stereocenters. The van der Waals surface area contributed by atoms with Gasteiger partial charge in [0.1, 0.15) is 0 Å². The predicted octanol–water partition coefficient (Wildman–Crippen LogP) is 3.84. The Morgan fingerprint density at radius 2 is 1.45 bits per heavy atom. The van der Waals surface area contributed by atoms with Crippen molar-refractivity contribution in [3.8, 4) is 0 Å². The van der Waals surface area contributed by atoms with Gasteiger partial charge in [0.15, 0.2) is 0 Å². The van der Waals surface area contributed by atoms with Gasteiger partial charge in [-0.05, 0) is 31.2 Å². The number of Topliss-reactive ketones (excluding diaryl/α,β-unsaturated/α-hetero) is 1. The average Bonchev–Trinajstić information content (AvgIpc) is 2.47. The van der Waals surface area contributed by atoms with Gasteiger partial charge in [0, 0.05) is 11.3 Å². The third kappa shape index (κ3) is 3.72. The fraction of sp³-hybridized carbons (Fsp3) is 0.125. The SMILES string of the molecule is Cc1ccc(C(=O)C(=O)Nc2ccc(C(F)(F)F)cc2)cc1. The Balaban J connectivity index is 2.08. The number of halogens is 3. The number of nitrogens with one attached hydrogen (secondary N) is 1. The highest BCUT2D eigenvalue weighted by molar-refractivity contribution is 6.46. The van der Waals surface area contributed by atoms with Crippen LogP contribution >= 0.6 is 0 Å². The van der Waals surface area contributed by atoms with Crippen LogP contribution in [0.2, 0.25) is 0 Å². The molecule has 0 fully saturated rings. The summed E-state index contributed by atoms with van der Waals surface area (Å²) >= 11 is 0. The lowest BCUT2D eigenvalue weighted by Crippen LogP contribution is -2.22. The molecule has 114 valence electrons. The first-order valence-electron chi connectivity index (χ1n) is 6.37. The first-order valence-corrected chi connectivity index (χ1v) is 6.37. The van der Waals surface area contributed by atoms with Crippen molar-refractivity contribution < 1.29 is 22.8 Å². The van der Waals surface area contributed by atoms with Crippen molar-refractivity contribution in [1.29, 1.82) is 0 Å². The molecule has 22 heavy (non-hydrogen) atoms. The van der Waals surface area contributed by atoms with E-state index in [-0.39, 0.29) is 11.3 Å². The lowest BCUT2D eigenvalue weighted by atomic mass is 10.1. The molecule has 0 atom stereocenters. The quantitative estimate of drug-likeness (QED) is 0.692. The minimum Gasteiger partial charge on any atom is -0.319 e. The van der Waals surface area contributed by atoms with E-state index in [2.05, 4.69) is 5.32 Å². The summed E-state index contributed by atoms with van der Waals surface area (Å²) in [6.45, 7) is 1.84. The molecule has 0 aliphatic heterocycles. The summed E-state index contributed by atoms with van der Waals surface area (Å²) in [6.07, 6.45) is -4.44. The minimum atomic E-state index is -4.44. The number of carbonyl (C=O) groups excluding carboxylic acids is 2. The van der Waals surface area contributed by atoms with Crippen LogP contribution in [0.3, 0.4) is 0 Å². The van der Waals surface area contributed by atoms with E-state index in [0.29, 0.717) is 0 Å². The van der Waals surface area contributed by atoms with Crippen molar-refractivity contribution in [3.05, 3.63) is 65.2 Å². The van der Waals surface area contributed by atoms with Crippen LogP contribution in [0.1, 0.15) is 21.5 Å². The second kappa shape index (κ2) is 6.01. The van der Waals surface area contributed by atoms with E-state index in [4.69, 9.17) is 0 Å². The van der Waals surface area contributed by atoms with Crippen molar-refractivity contribution in [1.82, 2.24) is 0 Å². The largest absolute Gasteiger partial charge is 0.416 e. The molecule has 0 bridgehead atoms. The van der Waals surface area contributed by atoms with Gasteiger partial charge in [-0.1, -0.05) is 29.8 Å². The first kappa shape index (κ1) is 15.8. The molecule has 0 spiro atoms. The van der Waals surface area contributed by atoms with Crippen molar-refractivity contribution in [3.63, 3.8) is 0 Å². The number of hydrogen-bond acceptors (Lipinski definition) is 2. The second-order valence-corrected chi connectivity index (χ2v) is 4.72. The van der Waals surface area contributed by atoms with Crippen LogP contribution < -0.4 is 5.32 Å². The van der Waals surface area contributed by atoms with E-state index in [1.807, 2.05) is 6.92 Å². The van der Waals surface area contributed by atoms with E-state index in [1.54, 1.807) is 12.1 Å². The van der Waals surface area contributed by atoms with E-state index in [0.717, 1.165) is 29.8 Å². The lowest BCUT2D eigenvalue weighted by molar-refractivity contribution is -0.137. The van der Waals surface area contributed by atoms with Crippen LogP contribution in [0.25, 0.3) is 0 Å². The minimum absolute atomic E-state index is 0.124. The van der Waals surface area contributed by atoms with Crippen LogP contribution in [0.15, 0.2) is 48.5 Å². The van der Waals surface area contributed by atoms with Crippen molar-refractivity contribution in [2.45, 2.75) is 13.1 Å². The Bertz CT molecular complexity index is 689. The summed E-state index contributed by atoms with van der Waals surface area (Å²) in [7, 11) is 0. The molecule has 0 heterocycles. The third-order valence-electron chi connectivity index (χ3n) is 2.99. The average molecular weight is 307 g/mol. The summed E-state index contributed by atoms with van der Waals surface area (Å²) in [5, 5.41) is 2.28. The molecule has 2 aromatic rings. The molecule has 1 amide bonds. The predicted molar refractivity (Wildman–Crippen MR) is 75.6 cm³/mol. The fourth-order valence-electron chi connectivity index (χ4n) is 1.77. The molecule has 0 aromatic heterocycles. The second-order valence-electron chi connectivity index (χ2n) is 4.72. The third-order valence-corrected chi connectivity index (χ3v) is 2.99. The highest BCUT2D eigenvalue weighted by atomic mass is 19.4. The zero-order chi connectivity index (χ0) is 16.3. The first-order chi connectivity index (χ1) is 10.3. The molecule has 1 N–H and O–H groups in total. The maximum absolute atomic E-state index is 12.4. The van der Waals surface area contributed by atoms with Crippen LogP contribution in [-0.4, -0.2) is 11.7 Å². The number of aryl methyl sites for hydroxylation is 1. The van der Waals surface area contributed by atoms with Gasteiger partial charge < -0.3 is 5.32 Å². The van der Waals surface area contributed by atoms with Gasteiger partial charge in [0.25, 0.3) is 11.7 Å². The molecule has 0 saturated heterocycles. The number of anilines is 1. The van der Waals surface area contributed by atoms with Crippen molar-refractivity contribution in [2.24, 2.45) is 0 Å². The van der Waals surface area contributed by atoms with E-state index in [1.165, 1.54) is 12.1 Å². The van der Waals surface area contributed by atoms with Crippen LogP contribution in [0, 0.1) is 6.92 Å². The Morgan fingerprint density at radius 3 is 1.95 bits per heavy atom. The Kier molecular flexibility index (Phi) is 4.30. The molecule has 3 nitrogen and oxygen atoms in total. The monoisotopic (exact) mass is 307 g/mol. The van der Waals surface area contributed by atoms with Gasteiger partial charge in [-0.3, -0.25) is 9.59 Å². The molecule has 6 heteroatoms. The number of rotatable bonds is 3. The van der Waals surface area contributed by atoms with Gasteiger partial charge in [0.2, 0.25) is 0 Å². The zero-order valence-corrected chi connectivity index (χ0v) is 11.6. The number of carbonyl (C=O) groups is 2. The van der Waals surface area contributed by atoms with Crippen molar-refractivity contribution in [2.75, 3.05) is 5.32 Å². The van der Waals surface area contributed by atoms with E-state index < -0.39 is 23.4 Å². The maximum atomic E-state index is 12.4. The number of amides is 1. The van der Waals surface area contributed by atoms with E-state index >= 15 is 0 Å². The standard InChI is InChI=1S/C16H12F3NO2/c1-10-2-4-11(5-3-10)14(21)15(22)20-13-8-6-12(7-9-13)16(17,18)19/h2-9H,1H3,(H,20,22). The molecule has 2 aromatic carbocycles. The fourth-order valence-corrected chi connectivity index (χ4v) is 1.77. The van der Waals surface area contributed by atoms with E-state index in [9.17, 15) is 22.8 Å². The van der Waals surface area contributed by atoms with Gasteiger partial charge in [-0.25, -0.2) is 0 Å². The number of benzene rings is 2. The van der Waals surface area contributed by atoms with Gasteiger partial charge in [-0.15, -0.1) is 0 Å². The molecule has 0 aliphatic rings. The highest BCUT2D eigenvalue weighted by Crippen LogP contribution is 2.29. The normalized spacial score (nSPS) is 11.1. The zero-order valence-electron chi connectivity index (χ0n) is 11.6. The number of ketones is 1. The molecule has 0 radical (unpaired) electrons. The Hall–Kier alpha value is -2.63. The van der Waals surface area contributed by atoms with Gasteiger partial charge >= 0.3 is 6.18 Å². The smallest absolute Gasteiger partial charge is 0.319 e. The van der Waals surface area contributed by atoms with Crippen LogP contribution in [0.5, 0.6) is 0 Å². The number of hydrogen-bond donors (Lipinski definition) is 1. The molecule has 0 saturated carbocycles. The summed E-state index contributed by atoms with van der Waals surface area (Å²) in [6, 6.07) is 10.3. The topological polar surface area (TPSA) is 46.2 Å². The number of alkyl halides is 3. The summed E-state index contributed by atoms with van der Waals surface area (Å²) in [5.41, 5.74) is 0.462. The molecular formula is C16H12F3NO2. The van der Waals surface area contributed by atoms with Gasteiger partial charge in [-0.2, -0.15) is 13.2 Å². The molecular weight excluding hydrogens is 295 g/mol.